The average molecular weight is 280 g/mol. The minimum Gasteiger partial charge on any atom is -0.206 e. The van der Waals surface area contributed by atoms with Crippen molar-refractivity contribution in [3.05, 3.63) is 17.5 Å². The summed E-state index contributed by atoms with van der Waals surface area (Å²) < 4.78 is 26.6. The van der Waals surface area contributed by atoms with Gasteiger partial charge in [0.15, 0.2) is 0 Å². The van der Waals surface area contributed by atoms with Gasteiger partial charge in [-0.25, -0.2) is 8.42 Å². The SMILES string of the molecule is O=S(=O)(c1cccs1)N(CCCl)C1CCC1. The molecule has 1 aliphatic rings. The summed E-state index contributed by atoms with van der Waals surface area (Å²) in [7, 11) is -3.31. The van der Waals surface area contributed by atoms with Gasteiger partial charge in [-0.1, -0.05) is 12.5 Å². The van der Waals surface area contributed by atoms with Crippen molar-refractivity contribution in [3.8, 4) is 0 Å². The summed E-state index contributed by atoms with van der Waals surface area (Å²) in [6.07, 6.45) is 3.03. The molecule has 0 N–H and O–H groups in total. The first kappa shape index (κ1) is 12.4. The zero-order chi connectivity index (χ0) is 11.6. The molecule has 1 saturated carbocycles. The van der Waals surface area contributed by atoms with E-state index in [2.05, 4.69) is 0 Å². The number of halogens is 1. The molecule has 1 aromatic rings. The number of alkyl halides is 1. The van der Waals surface area contributed by atoms with Crippen LogP contribution in [0.4, 0.5) is 0 Å². The van der Waals surface area contributed by atoms with E-state index in [1.54, 1.807) is 21.8 Å². The lowest BCUT2D eigenvalue weighted by atomic mass is 9.93. The van der Waals surface area contributed by atoms with Crippen LogP contribution in [0.15, 0.2) is 21.7 Å². The Kier molecular flexibility index (Phi) is 3.89. The number of nitrogens with zero attached hydrogens (tertiary/aromatic N) is 1. The molecular weight excluding hydrogens is 266 g/mol. The minimum absolute atomic E-state index is 0.158. The molecule has 1 aliphatic carbocycles. The van der Waals surface area contributed by atoms with E-state index >= 15 is 0 Å². The largest absolute Gasteiger partial charge is 0.252 e. The highest BCUT2D eigenvalue weighted by molar-refractivity contribution is 7.91. The Balaban J connectivity index is 2.24. The highest BCUT2D eigenvalue weighted by Gasteiger charge is 2.34. The van der Waals surface area contributed by atoms with E-state index in [0.717, 1.165) is 19.3 Å². The normalized spacial score (nSPS) is 17.6. The quantitative estimate of drug-likeness (QED) is 0.777. The molecule has 90 valence electrons. The molecule has 1 aromatic heterocycles. The van der Waals surface area contributed by atoms with Crippen molar-refractivity contribution in [1.29, 1.82) is 0 Å². The highest BCUT2D eigenvalue weighted by Crippen LogP contribution is 2.31. The highest BCUT2D eigenvalue weighted by atomic mass is 35.5. The second kappa shape index (κ2) is 5.04. The monoisotopic (exact) mass is 279 g/mol. The summed E-state index contributed by atoms with van der Waals surface area (Å²) in [5, 5.41) is 1.78. The number of hydrogen-bond donors (Lipinski definition) is 0. The maximum atomic E-state index is 12.3. The molecule has 0 aliphatic heterocycles. The molecule has 2 rings (SSSR count). The van der Waals surface area contributed by atoms with Crippen LogP contribution in [0.25, 0.3) is 0 Å². The van der Waals surface area contributed by atoms with Gasteiger partial charge in [-0.3, -0.25) is 0 Å². The van der Waals surface area contributed by atoms with Gasteiger partial charge in [0.25, 0.3) is 10.0 Å². The molecule has 6 heteroatoms. The fraction of sp³-hybridized carbons (Fsp3) is 0.600. The van der Waals surface area contributed by atoms with Gasteiger partial charge in [-0.2, -0.15) is 4.31 Å². The van der Waals surface area contributed by atoms with E-state index in [-0.39, 0.29) is 6.04 Å². The summed E-state index contributed by atoms with van der Waals surface area (Å²) >= 11 is 6.95. The van der Waals surface area contributed by atoms with Crippen LogP contribution in [-0.4, -0.2) is 31.2 Å². The van der Waals surface area contributed by atoms with Crippen molar-refractivity contribution in [2.45, 2.75) is 29.5 Å². The molecule has 0 bridgehead atoms. The second-order valence-corrected chi connectivity index (χ2v) is 7.26. The summed E-state index contributed by atoms with van der Waals surface area (Å²) in [6.45, 7) is 0.409. The molecular formula is C10H14ClNO2S2. The molecule has 1 heterocycles. The Bertz CT molecular complexity index is 426. The van der Waals surface area contributed by atoms with E-state index < -0.39 is 10.0 Å². The van der Waals surface area contributed by atoms with Crippen molar-refractivity contribution < 1.29 is 8.42 Å². The van der Waals surface area contributed by atoms with Crippen LogP contribution in [-0.2, 0) is 10.0 Å². The van der Waals surface area contributed by atoms with Gasteiger partial charge in [0, 0.05) is 18.5 Å². The first-order valence-corrected chi connectivity index (χ1v) is 8.13. The third-order valence-electron chi connectivity index (χ3n) is 2.84. The number of rotatable bonds is 5. The van der Waals surface area contributed by atoms with Gasteiger partial charge in [0.05, 0.1) is 0 Å². The van der Waals surface area contributed by atoms with Crippen molar-refractivity contribution in [1.82, 2.24) is 4.31 Å². The van der Waals surface area contributed by atoms with Gasteiger partial charge in [0.2, 0.25) is 0 Å². The predicted octanol–water partition coefficient (Wildman–Crippen LogP) is 2.53. The molecule has 0 atom stereocenters. The van der Waals surface area contributed by atoms with Crippen molar-refractivity contribution in [2.24, 2.45) is 0 Å². The molecule has 1 fully saturated rings. The average Bonchev–Trinajstić information content (AvgIpc) is 2.67. The summed E-state index contributed by atoms with van der Waals surface area (Å²) in [5.41, 5.74) is 0. The number of hydrogen-bond acceptors (Lipinski definition) is 3. The molecule has 0 saturated heterocycles. The smallest absolute Gasteiger partial charge is 0.206 e. The lowest BCUT2D eigenvalue weighted by molar-refractivity contribution is 0.228. The summed E-state index contributed by atoms with van der Waals surface area (Å²) in [5.74, 6) is 0.348. The van der Waals surface area contributed by atoms with Gasteiger partial charge < -0.3 is 0 Å². The topological polar surface area (TPSA) is 37.4 Å². The molecule has 0 spiro atoms. The van der Waals surface area contributed by atoms with Crippen LogP contribution < -0.4 is 0 Å². The minimum atomic E-state index is -3.31. The Morgan fingerprint density at radius 3 is 2.69 bits per heavy atom. The van der Waals surface area contributed by atoms with Gasteiger partial charge in [-0.05, 0) is 24.3 Å². The maximum Gasteiger partial charge on any atom is 0.252 e. The lowest BCUT2D eigenvalue weighted by Crippen LogP contribution is -2.44. The zero-order valence-electron chi connectivity index (χ0n) is 8.80. The lowest BCUT2D eigenvalue weighted by Gasteiger charge is -2.35. The van der Waals surface area contributed by atoms with Crippen LogP contribution in [0.5, 0.6) is 0 Å². The van der Waals surface area contributed by atoms with Gasteiger partial charge in [0.1, 0.15) is 4.21 Å². The number of thiophene rings is 1. The van der Waals surface area contributed by atoms with Crippen molar-refractivity contribution in [2.75, 3.05) is 12.4 Å². The van der Waals surface area contributed by atoms with Crippen LogP contribution in [0.2, 0.25) is 0 Å². The first-order valence-electron chi connectivity index (χ1n) is 5.27. The van der Waals surface area contributed by atoms with Crippen molar-refractivity contribution in [3.63, 3.8) is 0 Å². The standard InChI is InChI=1S/C10H14ClNO2S2/c11-6-7-12(9-3-1-4-9)16(13,14)10-5-2-8-15-10/h2,5,8-9H,1,3-4,6-7H2. The fourth-order valence-corrected chi connectivity index (χ4v) is 4.87. The molecule has 0 aromatic carbocycles. The third-order valence-corrected chi connectivity index (χ3v) is 6.34. The Morgan fingerprint density at radius 1 is 1.50 bits per heavy atom. The van der Waals surface area contributed by atoms with Crippen LogP contribution in [0.1, 0.15) is 19.3 Å². The molecule has 0 radical (unpaired) electrons. The molecule has 0 unspecified atom stereocenters. The Morgan fingerprint density at radius 2 is 2.25 bits per heavy atom. The first-order chi connectivity index (χ1) is 7.66. The second-order valence-electron chi connectivity index (χ2n) is 3.82. The Labute approximate surface area is 105 Å². The van der Waals surface area contributed by atoms with E-state index in [1.807, 2.05) is 0 Å². The van der Waals surface area contributed by atoms with Crippen LogP contribution in [0, 0.1) is 0 Å². The van der Waals surface area contributed by atoms with E-state index in [9.17, 15) is 8.42 Å². The third kappa shape index (κ3) is 2.27. The van der Waals surface area contributed by atoms with Crippen LogP contribution >= 0.6 is 22.9 Å². The summed E-state index contributed by atoms with van der Waals surface area (Å²) in [6, 6.07) is 3.57. The Hall–Kier alpha value is -0.100. The fourth-order valence-electron chi connectivity index (χ4n) is 1.78. The zero-order valence-corrected chi connectivity index (χ0v) is 11.2. The van der Waals surface area contributed by atoms with E-state index in [1.165, 1.54) is 11.3 Å². The predicted molar refractivity (Wildman–Crippen MR) is 66.6 cm³/mol. The molecule has 16 heavy (non-hydrogen) atoms. The molecule has 0 amide bonds. The van der Waals surface area contributed by atoms with Crippen LogP contribution in [0.3, 0.4) is 0 Å². The molecule has 3 nitrogen and oxygen atoms in total. The van der Waals surface area contributed by atoms with E-state index in [4.69, 9.17) is 11.6 Å². The number of sulfonamides is 1. The maximum absolute atomic E-state index is 12.3. The van der Waals surface area contributed by atoms with Gasteiger partial charge in [-0.15, -0.1) is 22.9 Å². The van der Waals surface area contributed by atoms with Crippen molar-refractivity contribution >= 4 is 33.0 Å². The van der Waals surface area contributed by atoms with E-state index in [0.29, 0.717) is 16.6 Å². The van der Waals surface area contributed by atoms with Gasteiger partial charge >= 0.3 is 0 Å². The summed E-state index contributed by atoms with van der Waals surface area (Å²) in [4.78, 5) is 0.